The van der Waals surface area contributed by atoms with Crippen molar-refractivity contribution in [2.45, 2.75) is 0 Å². The minimum Gasteiger partial charge on any atom is -0.336 e. The van der Waals surface area contributed by atoms with E-state index in [0.717, 1.165) is 19.3 Å². The molecule has 3 N–H and O–H groups in total. The molecule has 35 heavy (non-hydrogen) atoms. The Morgan fingerprint density at radius 2 is 1.86 bits per heavy atom. The highest BCUT2D eigenvalue weighted by Gasteiger charge is 2.49. The largest absolute Gasteiger partial charge is 0.336 e. The van der Waals surface area contributed by atoms with Gasteiger partial charge < -0.3 is 15.5 Å². The Morgan fingerprint density at radius 3 is 2.49 bits per heavy atom. The van der Waals surface area contributed by atoms with Gasteiger partial charge in [0.2, 0.25) is 10.0 Å². The van der Waals surface area contributed by atoms with Crippen LogP contribution in [0.5, 0.6) is 0 Å². The van der Waals surface area contributed by atoms with Crippen LogP contribution < -0.4 is 15.4 Å². The molecule has 5 rings (SSSR count). The van der Waals surface area contributed by atoms with E-state index in [9.17, 15) is 18.0 Å². The molecule has 0 bridgehead atoms. The summed E-state index contributed by atoms with van der Waals surface area (Å²) < 4.78 is 27.1. The van der Waals surface area contributed by atoms with Gasteiger partial charge in [0.15, 0.2) is 0 Å². The molecule has 0 unspecified atom stereocenters. The van der Waals surface area contributed by atoms with Crippen molar-refractivity contribution in [3.05, 3.63) is 71.1 Å². The second-order valence-electron chi connectivity index (χ2n) is 8.99. The number of anilines is 2. The SMILES string of the molecule is CS(=O)(=O)Nc1cc(Cl)cc(NC(=O)c2cc(C(=O)N3CC4(CNC4)C3)n(-c3ccccn3)c2)c1. The molecule has 0 aliphatic carbocycles. The molecule has 4 heterocycles. The number of rotatable bonds is 6. The standard InChI is InChI=1S/C23H23ClN6O4S/c1-35(33,34)28-18-8-16(24)7-17(9-18)27-21(31)15-6-19(30(10-15)20-4-2-3-5-26-20)22(32)29-13-23(14-29)11-25-12-23/h2-10,25,28H,11-14H2,1H3,(H,27,31). The van der Waals surface area contributed by atoms with E-state index < -0.39 is 15.9 Å². The van der Waals surface area contributed by atoms with Crippen molar-refractivity contribution in [3.63, 3.8) is 0 Å². The molecule has 1 spiro atoms. The number of hydrogen-bond acceptors (Lipinski definition) is 6. The van der Waals surface area contributed by atoms with Gasteiger partial charge in [0.25, 0.3) is 11.8 Å². The Bertz CT molecular complexity index is 1410. The summed E-state index contributed by atoms with van der Waals surface area (Å²) in [6, 6.07) is 11.3. The number of carbonyl (C=O) groups is 2. The number of carbonyl (C=O) groups excluding carboxylic acids is 2. The highest BCUT2D eigenvalue weighted by atomic mass is 35.5. The maximum absolute atomic E-state index is 13.3. The highest BCUT2D eigenvalue weighted by molar-refractivity contribution is 7.92. The first-order valence-electron chi connectivity index (χ1n) is 10.8. The van der Waals surface area contributed by atoms with Crippen LogP contribution in [0.25, 0.3) is 5.82 Å². The third-order valence-corrected chi connectivity index (χ3v) is 6.82. The first kappa shape index (κ1) is 23.3. The highest BCUT2D eigenvalue weighted by Crippen LogP contribution is 2.35. The summed E-state index contributed by atoms with van der Waals surface area (Å²) in [5.41, 5.74) is 1.27. The number of aromatic nitrogens is 2. The molecule has 0 atom stereocenters. The first-order valence-corrected chi connectivity index (χ1v) is 13.1. The van der Waals surface area contributed by atoms with Crippen LogP contribution in [0.2, 0.25) is 5.02 Å². The molecule has 3 aromatic rings. The van der Waals surface area contributed by atoms with Gasteiger partial charge in [0, 0.05) is 54.7 Å². The summed E-state index contributed by atoms with van der Waals surface area (Å²) in [7, 11) is -3.52. The lowest BCUT2D eigenvalue weighted by molar-refractivity contribution is -0.0252. The molecular formula is C23H23ClN6O4S. The fourth-order valence-corrected chi connectivity index (χ4v) is 5.13. The summed E-state index contributed by atoms with van der Waals surface area (Å²) in [5.74, 6) is -0.142. The Kier molecular flexibility index (Phi) is 5.78. The van der Waals surface area contributed by atoms with Gasteiger partial charge in [0.05, 0.1) is 17.5 Å². The van der Waals surface area contributed by atoms with E-state index in [-0.39, 0.29) is 27.6 Å². The molecule has 12 heteroatoms. The third kappa shape index (κ3) is 4.88. The van der Waals surface area contributed by atoms with Crippen LogP contribution in [0.3, 0.4) is 0 Å². The maximum Gasteiger partial charge on any atom is 0.270 e. The molecule has 10 nitrogen and oxygen atoms in total. The van der Waals surface area contributed by atoms with Gasteiger partial charge >= 0.3 is 0 Å². The van der Waals surface area contributed by atoms with Crippen molar-refractivity contribution in [1.29, 1.82) is 0 Å². The van der Waals surface area contributed by atoms with Crippen LogP contribution in [0.15, 0.2) is 54.9 Å². The average Bonchev–Trinajstić information content (AvgIpc) is 3.16. The van der Waals surface area contributed by atoms with Crippen LogP contribution >= 0.6 is 11.6 Å². The number of likely N-dealkylation sites (tertiary alicyclic amines) is 1. The second-order valence-corrected chi connectivity index (χ2v) is 11.2. The monoisotopic (exact) mass is 514 g/mol. The van der Waals surface area contributed by atoms with Crippen LogP contribution in [0.1, 0.15) is 20.8 Å². The summed E-state index contributed by atoms with van der Waals surface area (Å²) in [6.45, 7) is 3.15. The van der Waals surface area contributed by atoms with E-state index in [1.165, 1.54) is 24.3 Å². The summed E-state index contributed by atoms with van der Waals surface area (Å²) in [4.78, 5) is 32.5. The van der Waals surface area contributed by atoms with E-state index in [1.807, 2.05) is 0 Å². The molecular weight excluding hydrogens is 492 g/mol. The van der Waals surface area contributed by atoms with E-state index in [1.54, 1.807) is 40.1 Å². The van der Waals surface area contributed by atoms with Crippen LogP contribution in [-0.4, -0.2) is 67.1 Å². The Hall–Kier alpha value is -3.41. The number of pyridine rings is 1. The van der Waals surface area contributed by atoms with Crippen molar-refractivity contribution in [1.82, 2.24) is 19.8 Å². The van der Waals surface area contributed by atoms with Crippen molar-refractivity contribution < 1.29 is 18.0 Å². The second kappa shape index (κ2) is 8.67. The van der Waals surface area contributed by atoms with Gasteiger partial charge in [-0.2, -0.15) is 0 Å². The maximum atomic E-state index is 13.3. The van der Waals surface area contributed by atoms with Gasteiger partial charge in [-0.05, 0) is 36.4 Å². The van der Waals surface area contributed by atoms with E-state index in [0.29, 0.717) is 30.3 Å². The van der Waals surface area contributed by atoms with Crippen LogP contribution in [0.4, 0.5) is 11.4 Å². The zero-order chi connectivity index (χ0) is 24.8. The quantitative estimate of drug-likeness (QED) is 0.463. The van der Waals surface area contributed by atoms with Crippen molar-refractivity contribution in [3.8, 4) is 5.82 Å². The third-order valence-electron chi connectivity index (χ3n) is 6.00. The predicted octanol–water partition coefficient (Wildman–Crippen LogP) is 2.19. The molecule has 2 aromatic heterocycles. The van der Waals surface area contributed by atoms with E-state index >= 15 is 0 Å². The molecule has 2 aliphatic rings. The molecule has 182 valence electrons. The Morgan fingerprint density at radius 1 is 1.11 bits per heavy atom. The Balaban J connectivity index is 1.42. The number of nitrogens with zero attached hydrogens (tertiary/aromatic N) is 3. The van der Waals surface area contributed by atoms with Gasteiger partial charge in [-0.25, -0.2) is 13.4 Å². The smallest absolute Gasteiger partial charge is 0.270 e. The fraction of sp³-hybridized carbons (Fsp3) is 0.261. The number of hydrogen-bond donors (Lipinski definition) is 3. The van der Waals surface area contributed by atoms with Gasteiger partial charge in [-0.3, -0.25) is 18.9 Å². The van der Waals surface area contributed by atoms with Gasteiger partial charge in [-0.1, -0.05) is 17.7 Å². The van der Waals surface area contributed by atoms with E-state index in [4.69, 9.17) is 11.6 Å². The molecule has 0 radical (unpaired) electrons. The van der Waals surface area contributed by atoms with Gasteiger partial charge in [-0.15, -0.1) is 0 Å². The lowest BCUT2D eigenvalue weighted by Crippen LogP contribution is -2.72. The van der Waals surface area contributed by atoms with Crippen molar-refractivity contribution in [2.75, 3.05) is 42.5 Å². The molecule has 0 saturated carbocycles. The lowest BCUT2D eigenvalue weighted by Gasteiger charge is -2.55. The number of nitrogens with one attached hydrogen (secondary N) is 3. The zero-order valence-corrected chi connectivity index (χ0v) is 20.4. The minimum atomic E-state index is -3.52. The minimum absolute atomic E-state index is 0.169. The van der Waals surface area contributed by atoms with E-state index in [2.05, 4.69) is 20.3 Å². The number of benzene rings is 1. The summed E-state index contributed by atoms with van der Waals surface area (Å²) in [5, 5.41) is 6.21. The predicted molar refractivity (Wildman–Crippen MR) is 133 cm³/mol. The van der Waals surface area contributed by atoms with Crippen molar-refractivity contribution in [2.24, 2.45) is 5.41 Å². The molecule has 2 saturated heterocycles. The molecule has 1 aromatic carbocycles. The summed E-state index contributed by atoms with van der Waals surface area (Å²) in [6.07, 6.45) is 4.20. The summed E-state index contributed by atoms with van der Waals surface area (Å²) >= 11 is 6.10. The number of sulfonamides is 1. The van der Waals surface area contributed by atoms with Crippen LogP contribution in [0, 0.1) is 5.41 Å². The average molecular weight is 515 g/mol. The van der Waals surface area contributed by atoms with Crippen LogP contribution in [-0.2, 0) is 10.0 Å². The van der Waals surface area contributed by atoms with Crippen molar-refractivity contribution >= 4 is 44.8 Å². The lowest BCUT2D eigenvalue weighted by atomic mass is 9.74. The normalized spacial score (nSPS) is 16.3. The fourth-order valence-electron chi connectivity index (χ4n) is 4.35. The number of amides is 2. The number of halogens is 1. The first-order chi connectivity index (χ1) is 16.6. The topological polar surface area (TPSA) is 125 Å². The zero-order valence-electron chi connectivity index (χ0n) is 18.8. The van der Waals surface area contributed by atoms with Gasteiger partial charge in [0.1, 0.15) is 11.5 Å². The molecule has 2 aliphatic heterocycles. The Labute approximate surface area is 207 Å². The molecule has 2 amide bonds. The molecule has 2 fully saturated rings.